The molecule has 0 atom stereocenters. The number of fused-ring (bicyclic) bond motifs is 3. The fourth-order valence-electron chi connectivity index (χ4n) is 2.01. The summed E-state index contributed by atoms with van der Waals surface area (Å²) in [6, 6.07) is 3.92. The van der Waals surface area contributed by atoms with Gasteiger partial charge in [-0.1, -0.05) is 24.3 Å². The number of allylic oxidation sites excluding steroid dienone is 2. The van der Waals surface area contributed by atoms with Gasteiger partial charge < -0.3 is 10.4 Å². The highest BCUT2D eigenvalue weighted by Gasteiger charge is 2.13. The number of nitrogens with one attached hydrogen (secondary N) is 1. The third-order valence-corrected chi connectivity index (χ3v) is 2.88. The average Bonchev–Trinajstić information content (AvgIpc) is 2.63. The van der Waals surface area contributed by atoms with Gasteiger partial charge in [-0.05, 0) is 17.4 Å². The molecule has 0 aromatic heterocycles. The minimum Gasteiger partial charge on any atom is -0.477 e. The van der Waals surface area contributed by atoms with Crippen molar-refractivity contribution < 1.29 is 9.90 Å². The molecule has 2 aliphatic heterocycles. The first-order valence-corrected chi connectivity index (χ1v) is 5.51. The Labute approximate surface area is 103 Å². The van der Waals surface area contributed by atoms with E-state index in [4.69, 9.17) is 5.11 Å². The molecular formula is C14H10N2O2. The zero-order valence-corrected chi connectivity index (χ0v) is 9.42. The standard InChI is InChI=1S/C14H10N2O2/c17-14(18)12-6-5-9-3-4-10-8-15-7-1-2-11(10)13(9)16-12/h1-8,16H,(H,17,18). The van der Waals surface area contributed by atoms with Crippen molar-refractivity contribution in [3.05, 3.63) is 46.0 Å². The second kappa shape index (κ2) is 4.00. The van der Waals surface area contributed by atoms with E-state index in [1.807, 2.05) is 24.3 Å². The van der Waals surface area contributed by atoms with Gasteiger partial charge in [0.1, 0.15) is 5.70 Å². The Morgan fingerprint density at radius 1 is 1.22 bits per heavy atom. The topological polar surface area (TPSA) is 61.7 Å². The number of aliphatic imine (C=N–C) groups is 1. The van der Waals surface area contributed by atoms with Crippen LogP contribution >= 0.6 is 0 Å². The number of carboxylic acids is 1. The van der Waals surface area contributed by atoms with Crippen LogP contribution in [0.4, 0.5) is 5.69 Å². The monoisotopic (exact) mass is 238 g/mol. The normalized spacial score (nSPS) is 15.2. The lowest BCUT2D eigenvalue weighted by Gasteiger charge is -2.14. The Kier molecular flexibility index (Phi) is 2.34. The van der Waals surface area contributed by atoms with Crippen molar-refractivity contribution in [1.29, 1.82) is 0 Å². The van der Waals surface area contributed by atoms with Crippen LogP contribution in [0.2, 0.25) is 0 Å². The van der Waals surface area contributed by atoms with Crippen LogP contribution in [0.15, 0.2) is 35.0 Å². The third kappa shape index (κ3) is 1.64. The van der Waals surface area contributed by atoms with E-state index >= 15 is 0 Å². The van der Waals surface area contributed by atoms with Crippen LogP contribution in [0.25, 0.3) is 18.4 Å². The molecule has 0 amide bonds. The Morgan fingerprint density at radius 2 is 2.06 bits per heavy atom. The first-order valence-electron chi connectivity index (χ1n) is 5.51. The first-order chi connectivity index (χ1) is 8.75. The number of nitrogens with zero attached hydrogens (tertiary/aromatic N) is 1. The van der Waals surface area contributed by atoms with Crippen LogP contribution in [-0.4, -0.2) is 17.3 Å². The van der Waals surface area contributed by atoms with E-state index in [-0.39, 0.29) is 5.70 Å². The van der Waals surface area contributed by atoms with Gasteiger partial charge in [-0.3, -0.25) is 4.99 Å². The summed E-state index contributed by atoms with van der Waals surface area (Å²) >= 11 is 0. The van der Waals surface area contributed by atoms with Gasteiger partial charge >= 0.3 is 5.97 Å². The van der Waals surface area contributed by atoms with E-state index in [9.17, 15) is 4.79 Å². The van der Waals surface area contributed by atoms with Crippen molar-refractivity contribution in [3.8, 4) is 0 Å². The molecule has 88 valence electrons. The molecule has 1 aromatic carbocycles. The molecular weight excluding hydrogens is 228 g/mol. The van der Waals surface area contributed by atoms with E-state index in [1.165, 1.54) is 0 Å². The molecule has 0 unspecified atom stereocenters. The number of carboxylic acid groups (broad SMARTS) is 1. The third-order valence-electron chi connectivity index (χ3n) is 2.88. The van der Waals surface area contributed by atoms with E-state index in [1.54, 1.807) is 24.6 Å². The van der Waals surface area contributed by atoms with Crippen molar-refractivity contribution in [2.45, 2.75) is 0 Å². The van der Waals surface area contributed by atoms with E-state index in [0.29, 0.717) is 0 Å². The van der Waals surface area contributed by atoms with Gasteiger partial charge in [0.15, 0.2) is 0 Å². The molecule has 3 rings (SSSR count). The molecule has 0 fully saturated rings. The van der Waals surface area contributed by atoms with Gasteiger partial charge in [-0.2, -0.15) is 0 Å². The van der Waals surface area contributed by atoms with E-state index < -0.39 is 5.97 Å². The molecule has 2 heterocycles. The molecule has 0 radical (unpaired) electrons. The quantitative estimate of drug-likeness (QED) is 0.757. The maximum Gasteiger partial charge on any atom is 0.352 e. The summed E-state index contributed by atoms with van der Waals surface area (Å²) in [7, 11) is 0. The number of hydrogen-bond donors (Lipinski definition) is 2. The van der Waals surface area contributed by atoms with Gasteiger partial charge in [0.25, 0.3) is 0 Å². The SMILES string of the molecule is O=C(O)C1=CC=c2ccc3c(c2N1)C=CC=NC=3. The molecule has 2 aliphatic rings. The predicted octanol–water partition coefficient (Wildman–Crippen LogP) is 0.697. The van der Waals surface area contributed by atoms with Crippen LogP contribution in [0.1, 0.15) is 5.56 Å². The summed E-state index contributed by atoms with van der Waals surface area (Å²) < 4.78 is 0. The van der Waals surface area contributed by atoms with E-state index in [2.05, 4.69) is 10.3 Å². The van der Waals surface area contributed by atoms with Crippen molar-refractivity contribution in [2.24, 2.45) is 4.99 Å². The summed E-state index contributed by atoms with van der Waals surface area (Å²) in [6.07, 6.45) is 10.6. The van der Waals surface area contributed by atoms with Crippen LogP contribution < -0.4 is 15.8 Å². The van der Waals surface area contributed by atoms with Gasteiger partial charge in [0.05, 0.1) is 5.69 Å². The summed E-state index contributed by atoms with van der Waals surface area (Å²) in [5, 5.41) is 13.9. The average molecular weight is 238 g/mol. The van der Waals surface area contributed by atoms with Crippen molar-refractivity contribution in [1.82, 2.24) is 0 Å². The molecule has 0 spiro atoms. The zero-order valence-electron chi connectivity index (χ0n) is 9.42. The minimum atomic E-state index is -0.965. The molecule has 2 N–H and O–H groups in total. The Morgan fingerprint density at radius 3 is 2.89 bits per heavy atom. The Balaban J connectivity index is 2.25. The van der Waals surface area contributed by atoms with Crippen molar-refractivity contribution in [3.63, 3.8) is 0 Å². The lowest BCUT2D eigenvalue weighted by molar-refractivity contribution is -0.132. The Hall–Kier alpha value is -2.62. The highest BCUT2D eigenvalue weighted by atomic mass is 16.4. The van der Waals surface area contributed by atoms with Gasteiger partial charge in [-0.25, -0.2) is 4.79 Å². The molecule has 0 aliphatic carbocycles. The van der Waals surface area contributed by atoms with Crippen LogP contribution in [0, 0.1) is 0 Å². The molecule has 1 aromatic rings. The van der Waals surface area contributed by atoms with Gasteiger partial charge in [0, 0.05) is 23.2 Å². The highest BCUT2D eigenvalue weighted by molar-refractivity contribution is 5.95. The number of carbonyl (C=O) groups is 1. The number of aliphatic carboxylic acids is 1. The van der Waals surface area contributed by atoms with E-state index in [0.717, 1.165) is 21.7 Å². The van der Waals surface area contributed by atoms with Crippen LogP contribution in [-0.2, 0) is 4.79 Å². The summed E-state index contributed by atoms with van der Waals surface area (Å²) in [5.41, 5.74) is 1.94. The lowest BCUT2D eigenvalue weighted by Crippen LogP contribution is -2.24. The van der Waals surface area contributed by atoms with Crippen molar-refractivity contribution in [2.75, 3.05) is 5.32 Å². The second-order valence-electron chi connectivity index (χ2n) is 4.00. The number of hydrogen-bond acceptors (Lipinski definition) is 3. The fraction of sp³-hybridized carbons (Fsp3) is 0. The molecule has 18 heavy (non-hydrogen) atoms. The molecule has 0 bridgehead atoms. The smallest absolute Gasteiger partial charge is 0.352 e. The molecule has 4 nitrogen and oxygen atoms in total. The number of benzene rings is 1. The van der Waals surface area contributed by atoms with Gasteiger partial charge in [0.2, 0.25) is 0 Å². The van der Waals surface area contributed by atoms with Crippen LogP contribution in [0.3, 0.4) is 0 Å². The molecule has 0 saturated heterocycles. The maximum atomic E-state index is 11.0. The van der Waals surface area contributed by atoms with Crippen LogP contribution in [0.5, 0.6) is 0 Å². The predicted molar refractivity (Wildman–Crippen MR) is 71.5 cm³/mol. The largest absolute Gasteiger partial charge is 0.477 e. The fourth-order valence-corrected chi connectivity index (χ4v) is 2.01. The first kappa shape index (κ1) is 10.5. The van der Waals surface area contributed by atoms with Gasteiger partial charge in [-0.15, -0.1) is 0 Å². The zero-order chi connectivity index (χ0) is 12.5. The highest BCUT2D eigenvalue weighted by Crippen LogP contribution is 2.15. The summed E-state index contributed by atoms with van der Waals surface area (Å²) in [6.45, 7) is 0. The van der Waals surface area contributed by atoms with Crippen molar-refractivity contribution >= 4 is 36.2 Å². The number of anilines is 1. The second-order valence-corrected chi connectivity index (χ2v) is 4.00. The summed E-state index contributed by atoms with van der Waals surface area (Å²) in [4.78, 5) is 15.1. The molecule has 4 heteroatoms. The number of rotatable bonds is 1. The maximum absolute atomic E-state index is 11.0. The molecule has 0 saturated carbocycles. The lowest BCUT2D eigenvalue weighted by atomic mass is 10.0. The summed E-state index contributed by atoms with van der Waals surface area (Å²) in [5.74, 6) is -0.965. The Bertz CT molecular complexity index is 740. The minimum absolute atomic E-state index is 0.175.